The van der Waals surface area contributed by atoms with Crippen LogP contribution in [0.25, 0.3) is 88.6 Å². The van der Waals surface area contributed by atoms with E-state index in [9.17, 15) is 5.26 Å². The molecular weight excluding hydrogens is 685 g/mol. The summed E-state index contributed by atoms with van der Waals surface area (Å²) < 4.78 is 4.51. The van der Waals surface area contributed by atoms with Gasteiger partial charge in [-0.1, -0.05) is 120 Å². The van der Waals surface area contributed by atoms with Crippen molar-refractivity contribution in [1.29, 1.82) is 5.26 Å². The molecule has 7 aromatic carbocycles. The largest absolute Gasteiger partial charge is 0.308 e. The first-order valence-corrected chi connectivity index (χ1v) is 18.8. The van der Waals surface area contributed by atoms with E-state index in [1.165, 1.54) is 11.1 Å². The van der Waals surface area contributed by atoms with Gasteiger partial charge in [-0.25, -0.2) is 15.0 Å². The number of aryl methyl sites for hydroxylation is 4. The lowest BCUT2D eigenvalue weighted by atomic mass is 10.0. The first-order valence-electron chi connectivity index (χ1n) is 18.8. The molecule has 3 aromatic heterocycles. The van der Waals surface area contributed by atoms with E-state index in [4.69, 9.17) is 9.97 Å². The van der Waals surface area contributed by atoms with Crippen molar-refractivity contribution < 1.29 is 0 Å². The van der Waals surface area contributed by atoms with Crippen molar-refractivity contribution in [3.8, 4) is 51.1 Å². The summed E-state index contributed by atoms with van der Waals surface area (Å²) in [6.45, 7) is 8.01. The lowest BCUT2D eigenvalue weighted by molar-refractivity contribution is 0.926. The molecule has 0 fully saturated rings. The molecule has 0 amide bonds. The predicted octanol–water partition coefficient (Wildman–Crippen LogP) is 12.2. The summed E-state index contributed by atoms with van der Waals surface area (Å²) >= 11 is 0. The summed E-state index contributed by atoms with van der Waals surface area (Å²) in [7, 11) is 0. The van der Waals surface area contributed by atoms with Crippen LogP contribution in [-0.2, 0) is 0 Å². The van der Waals surface area contributed by atoms with Crippen LogP contribution < -0.4 is 0 Å². The van der Waals surface area contributed by atoms with Gasteiger partial charge < -0.3 is 9.13 Å². The zero-order chi connectivity index (χ0) is 38.1. The van der Waals surface area contributed by atoms with E-state index in [0.717, 1.165) is 82.8 Å². The first kappa shape index (κ1) is 33.2. The van der Waals surface area contributed by atoms with Crippen LogP contribution >= 0.6 is 0 Å². The van der Waals surface area contributed by atoms with E-state index in [1.54, 1.807) is 0 Å². The summed E-state index contributed by atoms with van der Waals surface area (Å²) in [6, 6.07) is 54.2. The van der Waals surface area contributed by atoms with Crippen molar-refractivity contribution in [2.75, 3.05) is 0 Å². The lowest BCUT2D eigenvalue weighted by Crippen LogP contribution is -2.07. The molecule has 56 heavy (non-hydrogen) atoms. The van der Waals surface area contributed by atoms with Gasteiger partial charge in [-0.05, 0) is 86.3 Å². The van der Waals surface area contributed by atoms with Crippen molar-refractivity contribution in [3.05, 3.63) is 174 Å². The van der Waals surface area contributed by atoms with Crippen LogP contribution in [0, 0.1) is 39.0 Å². The average Bonchev–Trinajstić information content (AvgIpc) is 3.72. The zero-order valence-corrected chi connectivity index (χ0v) is 31.5. The molecule has 0 saturated carbocycles. The van der Waals surface area contributed by atoms with Crippen molar-refractivity contribution in [2.24, 2.45) is 0 Å². The molecule has 0 aliphatic rings. The Morgan fingerprint density at radius 1 is 0.429 bits per heavy atom. The molecule has 10 rings (SSSR count). The van der Waals surface area contributed by atoms with Crippen LogP contribution in [0.15, 0.2) is 146 Å². The Hall–Kier alpha value is -7.36. The number of nitrogens with zero attached hydrogens (tertiary/aromatic N) is 6. The maximum atomic E-state index is 11.1. The molecule has 0 saturated heterocycles. The number of hydrogen-bond acceptors (Lipinski definition) is 4. The monoisotopic (exact) mass is 720 g/mol. The molecular formula is C50H36N6. The van der Waals surface area contributed by atoms with Crippen LogP contribution in [-0.4, -0.2) is 24.1 Å². The molecule has 0 spiro atoms. The second-order valence-corrected chi connectivity index (χ2v) is 14.7. The van der Waals surface area contributed by atoms with Crippen molar-refractivity contribution in [1.82, 2.24) is 24.1 Å². The van der Waals surface area contributed by atoms with Gasteiger partial charge in [0.2, 0.25) is 0 Å². The Kier molecular flexibility index (Phi) is 7.65. The highest BCUT2D eigenvalue weighted by Gasteiger charge is 2.23. The fraction of sp³-hybridized carbons (Fsp3) is 0.0800. The van der Waals surface area contributed by atoms with E-state index in [2.05, 4.69) is 174 Å². The van der Waals surface area contributed by atoms with E-state index >= 15 is 0 Å². The third-order valence-electron chi connectivity index (χ3n) is 10.9. The number of nitriles is 1. The number of fused-ring (bicyclic) bond motifs is 6. The molecule has 266 valence electrons. The molecule has 3 heterocycles. The van der Waals surface area contributed by atoms with Gasteiger partial charge in [-0.3, -0.25) is 0 Å². The Balaban J connectivity index is 1.31. The fourth-order valence-corrected chi connectivity index (χ4v) is 8.26. The Morgan fingerprint density at radius 2 is 0.875 bits per heavy atom. The maximum absolute atomic E-state index is 11.1. The van der Waals surface area contributed by atoms with Gasteiger partial charge in [-0.2, -0.15) is 5.26 Å². The average molecular weight is 721 g/mol. The standard InChI is InChI=1S/C50H36N6/c1-30-13-17-34(18-14-30)36-21-23-41-39-9-5-7-11-44(39)55(47(41)25-36)46-28-43(50-53-32(3)52-33(4)54-50)49(27-38(46)29-51)56-45-12-8-6-10-40(45)42-24-22-37(26-48(42)56)35-19-15-31(2)16-20-35/h5-28H,1-4H3. The van der Waals surface area contributed by atoms with Crippen molar-refractivity contribution >= 4 is 43.6 Å². The fourth-order valence-electron chi connectivity index (χ4n) is 8.26. The topological polar surface area (TPSA) is 72.3 Å². The smallest absolute Gasteiger partial charge is 0.165 e. The molecule has 6 nitrogen and oxygen atoms in total. The second-order valence-electron chi connectivity index (χ2n) is 14.7. The summed E-state index contributed by atoms with van der Waals surface area (Å²) in [5.74, 6) is 1.82. The molecule has 0 radical (unpaired) electrons. The van der Waals surface area contributed by atoms with E-state index < -0.39 is 0 Å². The zero-order valence-electron chi connectivity index (χ0n) is 31.5. The highest BCUT2D eigenvalue weighted by atomic mass is 15.1. The third-order valence-corrected chi connectivity index (χ3v) is 10.9. The second kappa shape index (κ2) is 12.9. The van der Waals surface area contributed by atoms with Crippen molar-refractivity contribution in [3.63, 3.8) is 0 Å². The highest BCUT2D eigenvalue weighted by Crippen LogP contribution is 2.41. The molecule has 0 aliphatic heterocycles. The van der Waals surface area contributed by atoms with E-state index in [-0.39, 0.29) is 0 Å². The molecule has 10 aromatic rings. The van der Waals surface area contributed by atoms with Gasteiger partial charge in [0.1, 0.15) is 17.7 Å². The number of hydrogen-bond donors (Lipinski definition) is 0. The Morgan fingerprint density at radius 3 is 1.38 bits per heavy atom. The summed E-state index contributed by atoms with van der Waals surface area (Å²) in [5.41, 5.74) is 13.9. The van der Waals surface area contributed by atoms with Gasteiger partial charge >= 0.3 is 0 Å². The Labute approximate surface area is 324 Å². The van der Waals surface area contributed by atoms with Gasteiger partial charge in [0.15, 0.2) is 5.82 Å². The number of aromatic nitrogens is 5. The van der Waals surface area contributed by atoms with Crippen LogP contribution in [0.1, 0.15) is 28.3 Å². The molecule has 0 bridgehead atoms. The van der Waals surface area contributed by atoms with Gasteiger partial charge in [0.25, 0.3) is 0 Å². The number of para-hydroxylation sites is 2. The van der Waals surface area contributed by atoms with Crippen LogP contribution in [0.3, 0.4) is 0 Å². The van der Waals surface area contributed by atoms with Crippen molar-refractivity contribution in [2.45, 2.75) is 27.7 Å². The normalized spacial score (nSPS) is 11.6. The van der Waals surface area contributed by atoms with E-state index in [0.29, 0.717) is 23.0 Å². The molecule has 0 unspecified atom stereocenters. The predicted molar refractivity (Wildman–Crippen MR) is 228 cm³/mol. The minimum atomic E-state index is 0.537. The summed E-state index contributed by atoms with van der Waals surface area (Å²) in [4.78, 5) is 14.4. The Bertz CT molecular complexity index is 3210. The van der Waals surface area contributed by atoms with Gasteiger partial charge in [0, 0.05) is 27.1 Å². The summed E-state index contributed by atoms with van der Waals surface area (Å²) in [6.07, 6.45) is 0. The summed E-state index contributed by atoms with van der Waals surface area (Å²) in [5, 5.41) is 15.6. The van der Waals surface area contributed by atoms with Gasteiger partial charge in [0.05, 0.1) is 39.0 Å². The number of rotatable bonds is 5. The van der Waals surface area contributed by atoms with E-state index in [1.807, 2.05) is 19.9 Å². The quantitative estimate of drug-likeness (QED) is 0.177. The maximum Gasteiger partial charge on any atom is 0.165 e. The lowest BCUT2D eigenvalue weighted by Gasteiger charge is -2.18. The third kappa shape index (κ3) is 5.36. The number of benzene rings is 7. The van der Waals surface area contributed by atoms with Crippen LogP contribution in [0.5, 0.6) is 0 Å². The molecule has 0 N–H and O–H groups in total. The van der Waals surface area contributed by atoms with Crippen LogP contribution in [0.2, 0.25) is 0 Å². The minimum Gasteiger partial charge on any atom is -0.308 e. The van der Waals surface area contributed by atoms with Gasteiger partial charge in [-0.15, -0.1) is 0 Å². The molecule has 6 heteroatoms. The SMILES string of the molecule is Cc1ccc(-c2ccc3c4ccccc4n(-c4cc(-c5nc(C)nc(C)n5)c(-n5c6ccccc6c6ccc(-c7ccc(C)cc7)cc65)cc4C#N)c3c2)cc1. The minimum absolute atomic E-state index is 0.537. The highest BCUT2D eigenvalue weighted by molar-refractivity contribution is 6.12. The molecule has 0 aliphatic carbocycles. The first-order chi connectivity index (χ1) is 27.3. The van der Waals surface area contributed by atoms with Crippen LogP contribution in [0.4, 0.5) is 0 Å². The molecule has 0 atom stereocenters.